The zero-order chi connectivity index (χ0) is 15.0. The van der Waals surface area contributed by atoms with E-state index in [9.17, 15) is 9.59 Å². The van der Waals surface area contributed by atoms with E-state index in [-0.39, 0.29) is 17.7 Å². The average molecular weight is 315 g/mol. The SMILES string of the molecule is CC(=O)N[C@H]1C(=O)N(CC(C)C)c2c(Cl)ccc(Cl)c21. The van der Waals surface area contributed by atoms with Crippen molar-refractivity contribution in [2.75, 3.05) is 11.4 Å². The fraction of sp³-hybridized carbons (Fsp3) is 0.429. The Labute approximate surface area is 128 Å². The Balaban J connectivity index is 2.55. The van der Waals surface area contributed by atoms with E-state index in [4.69, 9.17) is 23.2 Å². The van der Waals surface area contributed by atoms with Crippen LogP contribution in [0.5, 0.6) is 0 Å². The van der Waals surface area contributed by atoms with Crippen LogP contribution < -0.4 is 10.2 Å². The molecule has 0 spiro atoms. The summed E-state index contributed by atoms with van der Waals surface area (Å²) in [5, 5.41) is 3.54. The first-order chi connectivity index (χ1) is 9.32. The summed E-state index contributed by atoms with van der Waals surface area (Å²) in [6, 6.07) is 2.55. The highest BCUT2D eigenvalue weighted by atomic mass is 35.5. The number of carbonyl (C=O) groups excluding carboxylic acids is 2. The molecule has 2 amide bonds. The van der Waals surface area contributed by atoms with Gasteiger partial charge in [-0.1, -0.05) is 37.0 Å². The first-order valence-corrected chi connectivity index (χ1v) is 7.15. The van der Waals surface area contributed by atoms with Gasteiger partial charge < -0.3 is 10.2 Å². The Hall–Kier alpha value is -1.26. The standard InChI is InChI=1S/C14H16Cl2N2O2/c1-7(2)6-18-13-10(16)5-4-9(15)11(13)12(14(18)20)17-8(3)19/h4-5,7,12H,6H2,1-3H3,(H,17,19)/t12-/m1/s1. The Bertz CT molecular complexity index is 573. The molecule has 6 heteroatoms. The topological polar surface area (TPSA) is 49.4 Å². The zero-order valence-electron chi connectivity index (χ0n) is 11.5. The van der Waals surface area contributed by atoms with Crippen LogP contribution in [0.4, 0.5) is 5.69 Å². The fourth-order valence-electron chi connectivity index (χ4n) is 2.38. The highest BCUT2D eigenvalue weighted by Gasteiger charge is 2.41. The third-order valence-electron chi connectivity index (χ3n) is 3.08. The van der Waals surface area contributed by atoms with Gasteiger partial charge in [-0.15, -0.1) is 0 Å². The summed E-state index contributed by atoms with van der Waals surface area (Å²) < 4.78 is 0. The molecule has 1 aromatic carbocycles. The van der Waals surface area contributed by atoms with Crippen molar-refractivity contribution in [1.29, 1.82) is 0 Å². The van der Waals surface area contributed by atoms with E-state index >= 15 is 0 Å². The minimum absolute atomic E-state index is 0.195. The van der Waals surface area contributed by atoms with E-state index in [1.54, 1.807) is 17.0 Å². The lowest BCUT2D eigenvalue weighted by Gasteiger charge is -2.21. The van der Waals surface area contributed by atoms with Gasteiger partial charge in [0.1, 0.15) is 6.04 Å². The number of nitrogens with zero attached hydrogens (tertiary/aromatic N) is 1. The molecule has 4 nitrogen and oxygen atoms in total. The number of fused-ring (bicyclic) bond motifs is 1. The van der Waals surface area contributed by atoms with Crippen molar-refractivity contribution in [1.82, 2.24) is 5.32 Å². The molecular formula is C14H16Cl2N2O2. The van der Waals surface area contributed by atoms with Gasteiger partial charge in [-0.3, -0.25) is 9.59 Å². The van der Waals surface area contributed by atoms with Gasteiger partial charge in [-0.25, -0.2) is 0 Å². The summed E-state index contributed by atoms with van der Waals surface area (Å²) in [7, 11) is 0. The molecule has 1 atom stereocenters. The molecule has 1 N–H and O–H groups in total. The molecule has 0 radical (unpaired) electrons. The second-order valence-electron chi connectivity index (χ2n) is 5.27. The number of anilines is 1. The minimum atomic E-state index is -0.757. The van der Waals surface area contributed by atoms with Crippen molar-refractivity contribution >= 4 is 40.7 Å². The maximum absolute atomic E-state index is 12.5. The predicted octanol–water partition coefficient (Wildman–Crippen LogP) is 3.17. The van der Waals surface area contributed by atoms with E-state index in [1.165, 1.54) is 6.92 Å². The molecule has 0 aliphatic carbocycles. The van der Waals surface area contributed by atoms with Gasteiger partial charge in [0.2, 0.25) is 5.91 Å². The molecule has 0 fully saturated rings. The summed E-state index contributed by atoms with van der Waals surface area (Å²) in [6.45, 7) is 5.92. The Morgan fingerprint density at radius 2 is 1.95 bits per heavy atom. The number of nitrogens with one attached hydrogen (secondary N) is 1. The van der Waals surface area contributed by atoms with Gasteiger partial charge in [-0.05, 0) is 18.1 Å². The van der Waals surface area contributed by atoms with E-state index in [1.807, 2.05) is 13.8 Å². The van der Waals surface area contributed by atoms with E-state index in [0.717, 1.165) is 0 Å². The number of halogens is 2. The number of hydrogen-bond donors (Lipinski definition) is 1. The maximum atomic E-state index is 12.5. The van der Waals surface area contributed by atoms with Crippen molar-refractivity contribution in [3.63, 3.8) is 0 Å². The summed E-state index contributed by atoms with van der Waals surface area (Å²) >= 11 is 12.4. The lowest BCUT2D eigenvalue weighted by Crippen LogP contribution is -2.38. The van der Waals surface area contributed by atoms with Gasteiger partial charge in [0.05, 0.1) is 10.7 Å². The molecule has 2 rings (SSSR count). The molecular weight excluding hydrogens is 299 g/mol. The van der Waals surface area contributed by atoms with Crippen LogP contribution in [0, 0.1) is 5.92 Å². The number of rotatable bonds is 3. The van der Waals surface area contributed by atoms with Gasteiger partial charge in [0.25, 0.3) is 5.91 Å². The van der Waals surface area contributed by atoms with Crippen molar-refractivity contribution < 1.29 is 9.59 Å². The lowest BCUT2D eigenvalue weighted by molar-refractivity contribution is -0.126. The normalized spacial score (nSPS) is 17.6. The monoisotopic (exact) mass is 314 g/mol. The fourth-order valence-corrected chi connectivity index (χ4v) is 2.91. The number of amides is 2. The van der Waals surface area contributed by atoms with Crippen LogP contribution in [0.15, 0.2) is 12.1 Å². The molecule has 0 saturated carbocycles. The molecule has 0 bridgehead atoms. The third kappa shape index (κ3) is 2.63. The van der Waals surface area contributed by atoms with Crippen molar-refractivity contribution in [2.45, 2.75) is 26.8 Å². The van der Waals surface area contributed by atoms with E-state index in [2.05, 4.69) is 5.32 Å². The maximum Gasteiger partial charge on any atom is 0.254 e. The highest BCUT2D eigenvalue weighted by Crippen LogP contribution is 2.45. The van der Waals surface area contributed by atoms with Crippen LogP contribution in [-0.2, 0) is 9.59 Å². The second kappa shape index (κ2) is 5.62. The van der Waals surface area contributed by atoms with E-state index in [0.29, 0.717) is 27.8 Å². The zero-order valence-corrected chi connectivity index (χ0v) is 13.0. The van der Waals surface area contributed by atoms with Gasteiger partial charge in [-0.2, -0.15) is 0 Å². The first-order valence-electron chi connectivity index (χ1n) is 6.39. The van der Waals surface area contributed by atoms with Crippen LogP contribution in [0.25, 0.3) is 0 Å². The summed E-state index contributed by atoms with van der Waals surface area (Å²) in [4.78, 5) is 25.5. The number of hydrogen-bond acceptors (Lipinski definition) is 2. The Morgan fingerprint density at radius 1 is 1.35 bits per heavy atom. The smallest absolute Gasteiger partial charge is 0.254 e. The quantitative estimate of drug-likeness (QED) is 0.931. The van der Waals surface area contributed by atoms with Crippen LogP contribution in [0.1, 0.15) is 32.4 Å². The molecule has 20 heavy (non-hydrogen) atoms. The minimum Gasteiger partial charge on any atom is -0.341 e. The van der Waals surface area contributed by atoms with Crippen LogP contribution >= 0.6 is 23.2 Å². The predicted molar refractivity (Wildman–Crippen MR) is 80.2 cm³/mol. The molecule has 1 heterocycles. The third-order valence-corrected chi connectivity index (χ3v) is 3.72. The van der Waals surface area contributed by atoms with Crippen molar-refractivity contribution in [3.05, 3.63) is 27.7 Å². The van der Waals surface area contributed by atoms with Crippen LogP contribution in [-0.4, -0.2) is 18.4 Å². The average Bonchev–Trinajstić information content (AvgIpc) is 2.59. The number of carbonyl (C=O) groups is 2. The van der Waals surface area contributed by atoms with E-state index < -0.39 is 6.04 Å². The number of benzene rings is 1. The highest BCUT2D eigenvalue weighted by molar-refractivity contribution is 6.38. The molecule has 1 aliphatic heterocycles. The summed E-state index contributed by atoms with van der Waals surface area (Å²) in [6.07, 6.45) is 0. The van der Waals surface area contributed by atoms with Crippen LogP contribution in [0.3, 0.4) is 0 Å². The van der Waals surface area contributed by atoms with Crippen molar-refractivity contribution in [2.24, 2.45) is 5.92 Å². The Morgan fingerprint density at radius 3 is 2.50 bits per heavy atom. The largest absolute Gasteiger partial charge is 0.341 e. The van der Waals surface area contributed by atoms with Crippen LogP contribution in [0.2, 0.25) is 10.0 Å². The molecule has 1 aliphatic rings. The van der Waals surface area contributed by atoms with Gasteiger partial charge >= 0.3 is 0 Å². The first kappa shape index (κ1) is 15.1. The van der Waals surface area contributed by atoms with Gasteiger partial charge in [0, 0.05) is 24.1 Å². The van der Waals surface area contributed by atoms with Crippen molar-refractivity contribution in [3.8, 4) is 0 Å². The summed E-state index contributed by atoms with van der Waals surface area (Å²) in [5.41, 5.74) is 1.19. The second-order valence-corrected chi connectivity index (χ2v) is 6.08. The van der Waals surface area contributed by atoms with Gasteiger partial charge in [0.15, 0.2) is 0 Å². The molecule has 1 aromatic rings. The molecule has 0 unspecified atom stereocenters. The molecule has 108 valence electrons. The Kier molecular flexibility index (Phi) is 4.25. The summed E-state index contributed by atoms with van der Waals surface area (Å²) in [5.74, 6) is -0.200. The molecule has 0 saturated heterocycles. The molecule has 0 aromatic heterocycles. The lowest BCUT2D eigenvalue weighted by atomic mass is 10.1.